The minimum absolute atomic E-state index is 0.732. The lowest BCUT2D eigenvalue weighted by Crippen LogP contribution is -1.96. The first-order chi connectivity index (χ1) is 12.6. The minimum atomic E-state index is 0.732. The molecule has 0 aliphatic carbocycles. The van der Waals surface area contributed by atoms with Gasteiger partial charge in [0.25, 0.3) is 0 Å². The molecule has 0 saturated heterocycles. The van der Waals surface area contributed by atoms with Crippen LogP contribution in [0, 0.1) is 0 Å². The van der Waals surface area contributed by atoms with Gasteiger partial charge in [-0.2, -0.15) is 0 Å². The Morgan fingerprint density at radius 2 is 0.923 bits per heavy atom. The van der Waals surface area contributed by atoms with Gasteiger partial charge in [0.1, 0.15) is 0 Å². The van der Waals surface area contributed by atoms with Crippen LogP contribution >= 0.6 is 0 Å². The Hall–Kier alpha value is -2.62. The summed E-state index contributed by atoms with van der Waals surface area (Å²) in [6.07, 6.45) is 1.82. The standard InChI is InChI=1S/C22H28O4/c1-7-17(15-9-11-19(23-3)21(13-15)25-5)18(8-2)16-10-12-20(24-4)22(14-16)26-6/h9-14H,7-8H2,1-6H3. The van der Waals surface area contributed by atoms with Crippen LogP contribution in [-0.4, -0.2) is 28.4 Å². The van der Waals surface area contributed by atoms with E-state index in [-0.39, 0.29) is 0 Å². The second-order valence-corrected chi connectivity index (χ2v) is 5.80. The second-order valence-electron chi connectivity index (χ2n) is 5.80. The van der Waals surface area contributed by atoms with E-state index in [0.717, 1.165) is 47.0 Å². The molecule has 0 saturated carbocycles. The topological polar surface area (TPSA) is 36.9 Å². The highest BCUT2D eigenvalue weighted by molar-refractivity contribution is 5.91. The van der Waals surface area contributed by atoms with Gasteiger partial charge in [-0.05, 0) is 59.4 Å². The van der Waals surface area contributed by atoms with E-state index in [2.05, 4.69) is 26.0 Å². The van der Waals surface area contributed by atoms with E-state index < -0.39 is 0 Å². The molecule has 0 amide bonds. The fourth-order valence-corrected chi connectivity index (χ4v) is 3.23. The monoisotopic (exact) mass is 356 g/mol. The first-order valence-electron chi connectivity index (χ1n) is 8.80. The van der Waals surface area contributed by atoms with Crippen molar-refractivity contribution in [1.82, 2.24) is 0 Å². The number of ether oxygens (including phenoxy) is 4. The summed E-state index contributed by atoms with van der Waals surface area (Å²) in [5.74, 6) is 2.93. The van der Waals surface area contributed by atoms with Crippen molar-refractivity contribution in [1.29, 1.82) is 0 Å². The number of rotatable bonds is 8. The fourth-order valence-electron chi connectivity index (χ4n) is 3.23. The number of hydrogen-bond donors (Lipinski definition) is 0. The van der Waals surface area contributed by atoms with Gasteiger partial charge < -0.3 is 18.9 Å². The van der Waals surface area contributed by atoms with Crippen LogP contribution in [-0.2, 0) is 0 Å². The third-order valence-electron chi connectivity index (χ3n) is 4.54. The number of benzene rings is 2. The number of allylic oxidation sites excluding steroid dienone is 2. The largest absolute Gasteiger partial charge is 0.493 e. The van der Waals surface area contributed by atoms with Crippen LogP contribution in [0.3, 0.4) is 0 Å². The Kier molecular flexibility index (Phi) is 6.96. The molecule has 2 rings (SSSR count). The van der Waals surface area contributed by atoms with Crippen molar-refractivity contribution in [3.8, 4) is 23.0 Å². The Bertz CT molecular complexity index is 712. The molecule has 140 valence electrons. The van der Waals surface area contributed by atoms with E-state index in [4.69, 9.17) is 18.9 Å². The van der Waals surface area contributed by atoms with E-state index in [9.17, 15) is 0 Å². The van der Waals surface area contributed by atoms with Crippen LogP contribution in [0.4, 0.5) is 0 Å². The lowest BCUT2D eigenvalue weighted by Gasteiger charge is -2.17. The Balaban J connectivity index is 2.61. The van der Waals surface area contributed by atoms with Crippen molar-refractivity contribution in [3.63, 3.8) is 0 Å². The molecule has 4 heteroatoms. The maximum atomic E-state index is 5.47. The van der Waals surface area contributed by atoms with Crippen LogP contribution < -0.4 is 18.9 Å². The fraction of sp³-hybridized carbons (Fsp3) is 0.364. The normalized spacial score (nSPS) is 11.6. The van der Waals surface area contributed by atoms with Gasteiger partial charge in [0.15, 0.2) is 23.0 Å². The van der Waals surface area contributed by atoms with E-state index in [1.165, 1.54) is 11.1 Å². The molecule has 2 aromatic carbocycles. The second kappa shape index (κ2) is 9.18. The molecular weight excluding hydrogens is 328 g/mol. The Labute approximate surface area is 156 Å². The summed E-state index contributed by atoms with van der Waals surface area (Å²) in [7, 11) is 6.61. The minimum Gasteiger partial charge on any atom is -0.493 e. The van der Waals surface area contributed by atoms with Crippen molar-refractivity contribution in [3.05, 3.63) is 47.5 Å². The molecule has 0 bridgehead atoms. The van der Waals surface area contributed by atoms with Gasteiger partial charge in [0.2, 0.25) is 0 Å². The SMILES string of the molecule is CCC(=C(CC)c1ccc(OC)c(OC)c1)c1ccc(OC)c(OC)c1. The van der Waals surface area contributed by atoms with Crippen molar-refractivity contribution in [2.24, 2.45) is 0 Å². The van der Waals surface area contributed by atoms with E-state index >= 15 is 0 Å². The van der Waals surface area contributed by atoms with Crippen LogP contribution in [0.15, 0.2) is 36.4 Å². The molecule has 0 aliphatic heterocycles. The van der Waals surface area contributed by atoms with Gasteiger partial charge >= 0.3 is 0 Å². The molecular formula is C22H28O4. The summed E-state index contributed by atoms with van der Waals surface area (Å²) >= 11 is 0. The van der Waals surface area contributed by atoms with Gasteiger partial charge in [-0.15, -0.1) is 0 Å². The molecule has 26 heavy (non-hydrogen) atoms. The molecule has 0 radical (unpaired) electrons. The van der Waals surface area contributed by atoms with Crippen molar-refractivity contribution in [2.45, 2.75) is 26.7 Å². The Morgan fingerprint density at radius 1 is 0.577 bits per heavy atom. The summed E-state index contributed by atoms with van der Waals surface area (Å²) in [5, 5.41) is 0. The van der Waals surface area contributed by atoms with Gasteiger partial charge in [-0.1, -0.05) is 26.0 Å². The zero-order valence-electron chi connectivity index (χ0n) is 16.5. The van der Waals surface area contributed by atoms with E-state index in [1.54, 1.807) is 28.4 Å². The molecule has 0 aliphatic rings. The lowest BCUT2D eigenvalue weighted by atomic mass is 9.91. The van der Waals surface area contributed by atoms with Crippen LogP contribution in [0.1, 0.15) is 37.8 Å². The maximum Gasteiger partial charge on any atom is 0.161 e. The Morgan fingerprint density at radius 3 is 1.19 bits per heavy atom. The quantitative estimate of drug-likeness (QED) is 0.589. The third kappa shape index (κ3) is 3.96. The molecule has 0 spiro atoms. The molecule has 0 fully saturated rings. The molecule has 0 heterocycles. The molecule has 0 unspecified atom stereocenters. The first-order valence-corrected chi connectivity index (χ1v) is 8.80. The van der Waals surface area contributed by atoms with Gasteiger partial charge in [0, 0.05) is 0 Å². The molecule has 0 aromatic heterocycles. The van der Waals surface area contributed by atoms with Crippen LogP contribution in [0.25, 0.3) is 11.1 Å². The zero-order chi connectivity index (χ0) is 19.1. The van der Waals surface area contributed by atoms with Crippen LogP contribution in [0.2, 0.25) is 0 Å². The van der Waals surface area contributed by atoms with Crippen molar-refractivity contribution < 1.29 is 18.9 Å². The van der Waals surface area contributed by atoms with Crippen molar-refractivity contribution in [2.75, 3.05) is 28.4 Å². The number of hydrogen-bond acceptors (Lipinski definition) is 4. The van der Waals surface area contributed by atoms with Gasteiger partial charge in [0.05, 0.1) is 28.4 Å². The summed E-state index contributed by atoms with van der Waals surface area (Å²) in [5.41, 5.74) is 4.83. The maximum absolute atomic E-state index is 5.47. The predicted octanol–water partition coefficient (Wildman–Crippen LogP) is 5.45. The van der Waals surface area contributed by atoms with Crippen LogP contribution in [0.5, 0.6) is 23.0 Å². The summed E-state index contributed by atoms with van der Waals surface area (Å²) < 4.78 is 21.7. The highest BCUT2D eigenvalue weighted by Gasteiger charge is 2.14. The zero-order valence-corrected chi connectivity index (χ0v) is 16.5. The first kappa shape index (κ1) is 19.7. The summed E-state index contributed by atoms with van der Waals surface area (Å²) in [6.45, 7) is 4.34. The summed E-state index contributed by atoms with van der Waals surface area (Å²) in [6, 6.07) is 12.1. The molecule has 0 N–H and O–H groups in total. The molecule has 2 aromatic rings. The molecule has 4 nitrogen and oxygen atoms in total. The average Bonchev–Trinajstić information content (AvgIpc) is 2.70. The van der Waals surface area contributed by atoms with Gasteiger partial charge in [-0.3, -0.25) is 0 Å². The average molecular weight is 356 g/mol. The lowest BCUT2D eigenvalue weighted by molar-refractivity contribution is 0.355. The number of methoxy groups -OCH3 is 4. The smallest absolute Gasteiger partial charge is 0.161 e. The highest BCUT2D eigenvalue weighted by Crippen LogP contribution is 2.38. The van der Waals surface area contributed by atoms with Crippen molar-refractivity contribution >= 4 is 11.1 Å². The van der Waals surface area contributed by atoms with E-state index in [0.29, 0.717) is 0 Å². The predicted molar refractivity (Wildman–Crippen MR) is 106 cm³/mol. The third-order valence-corrected chi connectivity index (χ3v) is 4.54. The molecule has 0 atom stereocenters. The highest BCUT2D eigenvalue weighted by atomic mass is 16.5. The summed E-state index contributed by atoms with van der Waals surface area (Å²) in [4.78, 5) is 0. The van der Waals surface area contributed by atoms with E-state index in [1.807, 2.05) is 24.3 Å². The van der Waals surface area contributed by atoms with Gasteiger partial charge in [-0.25, -0.2) is 0 Å².